The number of carbonyl (C=O) groups excluding carboxylic acids is 1. The molecule has 1 heterocycles. The number of halogens is 4. The van der Waals surface area contributed by atoms with Crippen molar-refractivity contribution in [3.8, 4) is 16.9 Å². The van der Waals surface area contributed by atoms with Gasteiger partial charge in [0.2, 0.25) is 0 Å². The quantitative estimate of drug-likeness (QED) is 0.402. The number of benzene rings is 2. The molecule has 0 saturated carbocycles. The Morgan fingerprint density at radius 1 is 1.15 bits per heavy atom. The molecule has 0 bridgehead atoms. The summed E-state index contributed by atoms with van der Waals surface area (Å²) in [4.78, 5) is 12.9. The fraction of sp³-hybridized carbons (Fsp3) is 0.273. The summed E-state index contributed by atoms with van der Waals surface area (Å²) in [6, 6.07) is 13.4. The number of para-hydroxylation sites is 1. The number of aromatic nitrogens is 2. The summed E-state index contributed by atoms with van der Waals surface area (Å²) >= 11 is 12.4. The standard InChI is InChI=1S/C22H21Cl2F2N3O4S/c1-22(25,26)13-27-21(30)19-16(11-12-33-34(2,31)32)20(14-7-9-15(23)10-8-14)29(28-19)18-6-4-3-5-17(18)24/h3-10H,11-13H2,1-2H3,(H,27,30). The molecule has 0 aliphatic heterocycles. The summed E-state index contributed by atoms with van der Waals surface area (Å²) in [7, 11) is -3.76. The van der Waals surface area contributed by atoms with Crippen LogP contribution in [0.2, 0.25) is 10.0 Å². The van der Waals surface area contributed by atoms with Crippen molar-refractivity contribution in [2.24, 2.45) is 0 Å². The number of alkyl halides is 2. The van der Waals surface area contributed by atoms with E-state index in [0.29, 0.717) is 39.5 Å². The van der Waals surface area contributed by atoms with Crippen molar-refractivity contribution in [3.05, 3.63) is 69.8 Å². The van der Waals surface area contributed by atoms with Crippen LogP contribution in [-0.4, -0.2) is 49.4 Å². The summed E-state index contributed by atoms with van der Waals surface area (Å²) in [6.07, 6.45) is 0.845. The van der Waals surface area contributed by atoms with E-state index < -0.39 is 28.5 Å². The lowest BCUT2D eigenvalue weighted by Gasteiger charge is -2.12. The third kappa shape index (κ3) is 6.75. The molecule has 182 valence electrons. The van der Waals surface area contributed by atoms with Gasteiger partial charge in [0.15, 0.2) is 5.69 Å². The van der Waals surface area contributed by atoms with Gasteiger partial charge in [-0.05, 0) is 24.3 Å². The molecule has 34 heavy (non-hydrogen) atoms. The van der Waals surface area contributed by atoms with Gasteiger partial charge in [-0.2, -0.15) is 13.5 Å². The fourth-order valence-corrected chi connectivity index (χ4v) is 3.91. The van der Waals surface area contributed by atoms with E-state index in [-0.39, 0.29) is 18.7 Å². The first-order valence-corrected chi connectivity index (χ1v) is 12.6. The van der Waals surface area contributed by atoms with E-state index >= 15 is 0 Å². The monoisotopic (exact) mass is 531 g/mol. The molecule has 1 amide bonds. The maximum atomic E-state index is 13.4. The third-order valence-electron chi connectivity index (χ3n) is 4.61. The minimum absolute atomic E-state index is 0.0548. The van der Waals surface area contributed by atoms with Crippen molar-refractivity contribution >= 4 is 39.2 Å². The SMILES string of the molecule is CC(F)(F)CNC(=O)c1nn(-c2ccccc2Cl)c(-c2ccc(Cl)cc2)c1CCOS(C)(=O)=O. The van der Waals surface area contributed by atoms with E-state index in [1.165, 1.54) is 4.68 Å². The van der Waals surface area contributed by atoms with Crippen LogP contribution >= 0.6 is 23.2 Å². The smallest absolute Gasteiger partial charge is 0.272 e. The number of nitrogens with one attached hydrogen (secondary N) is 1. The summed E-state index contributed by atoms with van der Waals surface area (Å²) < 4.78 is 56.0. The lowest BCUT2D eigenvalue weighted by atomic mass is 10.0. The average Bonchev–Trinajstić information content (AvgIpc) is 3.11. The van der Waals surface area contributed by atoms with E-state index in [2.05, 4.69) is 10.4 Å². The van der Waals surface area contributed by atoms with Crippen LogP contribution in [0.1, 0.15) is 23.0 Å². The Morgan fingerprint density at radius 3 is 2.38 bits per heavy atom. The van der Waals surface area contributed by atoms with E-state index in [1.54, 1.807) is 48.5 Å². The van der Waals surface area contributed by atoms with Gasteiger partial charge in [0.05, 0.1) is 35.8 Å². The van der Waals surface area contributed by atoms with E-state index in [0.717, 1.165) is 6.26 Å². The summed E-state index contributed by atoms with van der Waals surface area (Å²) in [6.45, 7) is -0.520. The first-order chi connectivity index (χ1) is 15.9. The van der Waals surface area contributed by atoms with Gasteiger partial charge in [-0.15, -0.1) is 0 Å². The van der Waals surface area contributed by atoms with Crippen molar-refractivity contribution in [2.75, 3.05) is 19.4 Å². The molecule has 0 saturated heterocycles. The first kappa shape index (κ1) is 26.1. The molecule has 1 aromatic heterocycles. The molecule has 0 aliphatic rings. The summed E-state index contributed by atoms with van der Waals surface area (Å²) in [5.74, 6) is -3.99. The summed E-state index contributed by atoms with van der Waals surface area (Å²) in [5, 5.41) is 7.36. The Bertz CT molecular complexity index is 1290. The minimum Gasteiger partial charge on any atom is -0.345 e. The third-order valence-corrected chi connectivity index (χ3v) is 5.77. The molecule has 2 aromatic carbocycles. The van der Waals surface area contributed by atoms with Crippen LogP contribution in [0, 0.1) is 0 Å². The predicted molar refractivity (Wildman–Crippen MR) is 126 cm³/mol. The molecule has 0 unspecified atom stereocenters. The second kappa shape index (κ2) is 10.4. The number of hydrogen-bond donors (Lipinski definition) is 1. The molecule has 7 nitrogen and oxygen atoms in total. The van der Waals surface area contributed by atoms with Crippen LogP contribution in [0.5, 0.6) is 0 Å². The van der Waals surface area contributed by atoms with Crippen LogP contribution in [0.4, 0.5) is 8.78 Å². The van der Waals surface area contributed by atoms with E-state index in [9.17, 15) is 22.0 Å². The van der Waals surface area contributed by atoms with E-state index in [4.69, 9.17) is 27.4 Å². The number of carbonyl (C=O) groups is 1. The van der Waals surface area contributed by atoms with Crippen molar-refractivity contribution < 1.29 is 26.2 Å². The van der Waals surface area contributed by atoms with Gasteiger partial charge in [0.25, 0.3) is 21.9 Å². The number of amides is 1. The highest BCUT2D eigenvalue weighted by Crippen LogP contribution is 2.33. The lowest BCUT2D eigenvalue weighted by Crippen LogP contribution is -2.35. The molecule has 0 fully saturated rings. The first-order valence-electron chi connectivity index (χ1n) is 9.99. The fourth-order valence-electron chi connectivity index (χ4n) is 3.19. The van der Waals surface area contributed by atoms with Crippen LogP contribution in [0.15, 0.2) is 48.5 Å². The molecule has 3 aromatic rings. The Morgan fingerprint density at radius 2 is 1.79 bits per heavy atom. The Kier molecular flexibility index (Phi) is 7.97. The number of rotatable bonds is 9. The second-order valence-electron chi connectivity index (χ2n) is 7.57. The van der Waals surface area contributed by atoms with Gasteiger partial charge in [-0.3, -0.25) is 8.98 Å². The van der Waals surface area contributed by atoms with Gasteiger partial charge in [-0.25, -0.2) is 13.5 Å². The number of nitrogens with zero attached hydrogens (tertiary/aromatic N) is 2. The molecule has 1 N–H and O–H groups in total. The maximum absolute atomic E-state index is 13.4. The molecule has 0 spiro atoms. The van der Waals surface area contributed by atoms with Gasteiger partial charge in [0.1, 0.15) is 0 Å². The molecule has 0 aliphatic carbocycles. The normalized spacial score (nSPS) is 12.1. The van der Waals surface area contributed by atoms with Gasteiger partial charge in [0, 0.05) is 29.5 Å². The molecule has 12 heteroatoms. The summed E-state index contributed by atoms with van der Waals surface area (Å²) in [5.41, 5.74) is 1.56. The van der Waals surface area contributed by atoms with Crippen LogP contribution < -0.4 is 5.32 Å². The Labute approximate surface area is 205 Å². The van der Waals surface area contributed by atoms with Crippen LogP contribution in [-0.2, 0) is 20.7 Å². The zero-order valence-electron chi connectivity index (χ0n) is 18.2. The predicted octanol–water partition coefficient (Wildman–Crippen LogP) is 4.75. The van der Waals surface area contributed by atoms with Crippen LogP contribution in [0.3, 0.4) is 0 Å². The molecular formula is C22H21Cl2F2N3O4S. The molecule has 0 radical (unpaired) electrons. The Balaban J connectivity index is 2.20. The molecule has 0 atom stereocenters. The topological polar surface area (TPSA) is 90.3 Å². The number of hydrogen-bond acceptors (Lipinski definition) is 5. The van der Waals surface area contributed by atoms with E-state index in [1.807, 2.05) is 0 Å². The van der Waals surface area contributed by atoms with Crippen molar-refractivity contribution in [1.29, 1.82) is 0 Å². The lowest BCUT2D eigenvalue weighted by molar-refractivity contribution is 0.0220. The van der Waals surface area contributed by atoms with Gasteiger partial charge in [-0.1, -0.05) is 47.5 Å². The Hall–Kier alpha value is -2.53. The zero-order chi connectivity index (χ0) is 25.1. The van der Waals surface area contributed by atoms with Gasteiger partial charge >= 0.3 is 0 Å². The highest BCUT2D eigenvalue weighted by atomic mass is 35.5. The molecule has 3 rings (SSSR count). The highest BCUT2D eigenvalue weighted by Gasteiger charge is 2.28. The van der Waals surface area contributed by atoms with Gasteiger partial charge < -0.3 is 5.32 Å². The largest absolute Gasteiger partial charge is 0.345 e. The molecular weight excluding hydrogens is 511 g/mol. The van der Waals surface area contributed by atoms with Crippen molar-refractivity contribution in [3.63, 3.8) is 0 Å². The highest BCUT2D eigenvalue weighted by molar-refractivity contribution is 7.85. The minimum atomic E-state index is -3.76. The average molecular weight is 532 g/mol. The van der Waals surface area contributed by atoms with Crippen molar-refractivity contribution in [1.82, 2.24) is 15.1 Å². The maximum Gasteiger partial charge on any atom is 0.272 e. The second-order valence-corrected chi connectivity index (χ2v) is 10.1. The zero-order valence-corrected chi connectivity index (χ0v) is 20.5. The van der Waals surface area contributed by atoms with Crippen molar-refractivity contribution in [2.45, 2.75) is 19.3 Å². The van der Waals surface area contributed by atoms with Crippen LogP contribution in [0.25, 0.3) is 16.9 Å².